The molecule has 4 heteroatoms. The van der Waals surface area contributed by atoms with Crippen molar-refractivity contribution in [2.75, 3.05) is 12.8 Å². The van der Waals surface area contributed by atoms with Gasteiger partial charge in [-0.3, -0.25) is 4.98 Å². The first-order chi connectivity index (χ1) is 9.33. The number of para-hydroxylation sites is 1. The Labute approximate surface area is 118 Å². The van der Waals surface area contributed by atoms with Gasteiger partial charge in [-0.1, -0.05) is 19.1 Å². The van der Waals surface area contributed by atoms with E-state index in [9.17, 15) is 0 Å². The van der Waals surface area contributed by atoms with E-state index in [4.69, 9.17) is 4.74 Å². The molecule has 0 spiro atoms. The van der Waals surface area contributed by atoms with Crippen molar-refractivity contribution in [1.29, 1.82) is 0 Å². The summed E-state index contributed by atoms with van der Waals surface area (Å²) in [4.78, 5) is 5.34. The molecule has 0 unspecified atom stereocenters. The minimum Gasteiger partial charge on any atom is -0.455 e. The second kappa shape index (κ2) is 7.16. The van der Waals surface area contributed by atoms with E-state index < -0.39 is 0 Å². The number of rotatable bonds is 6. The van der Waals surface area contributed by atoms with Gasteiger partial charge in [0, 0.05) is 17.6 Å². The summed E-state index contributed by atoms with van der Waals surface area (Å²) in [6.07, 6.45) is 5.64. The van der Waals surface area contributed by atoms with Crippen LogP contribution < -0.4 is 10.1 Å². The summed E-state index contributed by atoms with van der Waals surface area (Å²) < 4.78 is 5.91. The van der Waals surface area contributed by atoms with Crippen LogP contribution in [0.25, 0.3) is 0 Å². The van der Waals surface area contributed by atoms with Crippen LogP contribution in [0.5, 0.6) is 11.5 Å². The van der Waals surface area contributed by atoms with Crippen molar-refractivity contribution in [3.8, 4) is 11.5 Å². The molecule has 0 saturated carbocycles. The second-order valence-corrected chi connectivity index (χ2v) is 4.91. The van der Waals surface area contributed by atoms with Crippen LogP contribution in [0, 0.1) is 0 Å². The normalized spacial score (nSPS) is 10.4. The number of hydrogen-bond donors (Lipinski definition) is 1. The molecule has 0 atom stereocenters. The van der Waals surface area contributed by atoms with E-state index in [0.29, 0.717) is 0 Å². The number of hydrogen-bond acceptors (Lipinski definition) is 4. The van der Waals surface area contributed by atoms with Crippen LogP contribution in [0.1, 0.15) is 12.5 Å². The summed E-state index contributed by atoms with van der Waals surface area (Å²) >= 11 is 1.67. The van der Waals surface area contributed by atoms with Gasteiger partial charge in [0.2, 0.25) is 0 Å². The summed E-state index contributed by atoms with van der Waals surface area (Å²) in [6.45, 7) is 3.84. The van der Waals surface area contributed by atoms with E-state index in [2.05, 4.69) is 23.3 Å². The lowest BCUT2D eigenvalue weighted by molar-refractivity contribution is 0.467. The van der Waals surface area contributed by atoms with Gasteiger partial charge in [0.25, 0.3) is 0 Å². The second-order valence-electron chi connectivity index (χ2n) is 4.06. The Morgan fingerprint density at radius 2 is 2.11 bits per heavy atom. The number of nitrogens with zero attached hydrogens (tertiary/aromatic N) is 1. The number of nitrogens with one attached hydrogen (secondary N) is 1. The van der Waals surface area contributed by atoms with Crippen LogP contribution in [-0.2, 0) is 6.54 Å². The first-order valence-electron chi connectivity index (χ1n) is 6.29. The highest BCUT2D eigenvalue weighted by atomic mass is 32.2. The van der Waals surface area contributed by atoms with Crippen LogP contribution in [0.3, 0.4) is 0 Å². The molecule has 0 saturated heterocycles. The lowest BCUT2D eigenvalue weighted by Gasteiger charge is -2.10. The molecule has 1 N–H and O–H groups in total. The molecule has 0 bridgehead atoms. The van der Waals surface area contributed by atoms with E-state index in [1.165, 1.54) is 0 Å². The minimum absolute atomic E-state index is 0.775. The van der Waals surface area contributed by atoms with E-state index in [1.54, 1.807) is 18.0 Å². The van der Waals surface area contributed by atoms with Gasteiger partial charge in [-0.15, -0.1) is 11.8 Å². The third-order valence-electron chi connectivity index (χ3n) is 2.65. The molecule has 19 heavy (non-hydrogen) atoms. The van der Waals surface area contributed by atoms with E-state index in [1.807, 2.05) is 36.7 Å². The summed E-state index contributed by atoms with van der Waals surface area (Å²) in [7, 11) is 0. The molecular formula is C15H18N2OS. The van der Waals surface area contributed by atoms with Gasteiger partial charge in [0.15, 0.2) is 0 Å². The topological polar surface area (TPSA) is 34.2 Å². The predicted octanol–water partition coefficient (Wildman–Crippen LogP) is 3.71. The minimum atomic E-state index is 0.775. The third kappa shape index (κ3) is 3.98. The summed E-state index contributed by atoms with van der Waals surface area (Å²) in [6, 6.07) is 10.0. The summed E-state index contributed by atoms with van der Waals surface area (Å²) in [5.41, 5.74) is 1.13. The molecule has 100 valence electrons. The number of thioether (sulfide) groups is 1. The van der Waals surface area contributed by atoms with Gasteiger partial charge in [-0.05, 0) is 36.6 Å². The van der Waals surface area contributed by atoms with Gasteiger partial charge >= 0.3 is 0 Å². The fraction of sp³-hybridized carbons (Fsp3) is 0.267. The molecule has 0 radical (unpaired) electrons. The Hall–Kier alpha value is -1.52. The average Bonchev–Trinajstić information content (AvgIpc) is 2.46. The summed E-state index contributed by atoms with van der Waals surface area (Å²) in [5, 5.41) is 3.28. The van der Waals surface area contributed by atoms with E-state index in [-0.39, 0.29) is 0 Å². The SMILES string of the molecule is CCNCc1cncc(Oc2ccccc2SC)c1. The maximum absolute atomic E-state index is 5.91. The maximum atomic E-state index is 5.91. The van der Waals surface area contributed by atoms with Gasteiger partial charge in [0.05, 0.1) is 6.20 Å². The molecule has 0 fully saturated rings. The fourth-order valence-corrected chi connectivity index (χ4v) is 2.24. The highest BCUT2D eigenvalue weighted by molar-refractivity contribution is 7.98. The van der Waals surface area contributed by atoms with E-state index >= 15 is 0 Å². The lowest BCUT2D eigenvalue weighted by Crippen LogP contribution is -2.11. The fourth-order valence-electron chi connectivity index (χ4n) is 1.72. The Balaban J connectivity index is 2.14. The lowest BCUT2D eigenvalue weighted by atomic mass is 10.2. The first-order valence-corrected chi connectivity index (χ1v) is 7.51. The van der Waals surface area contributed by atoms with Crippen molar-refractivity contribution in [2.45, 2.75) is 18.4 Å². The average molecular weight is 274 g/mol. The highest BCUT2D eigenvalue weighted by Crippen LogP contribution is 2.31. The quantitative estimate of drug-likeness (QED) is 0.814. The standard InChI is InChI=1S/C15H18N2OS/c1-3-16-9-12-8-13(11-17-10-12)18-14-6-4-5-7-15(14)19-2/h4-8,10-11,16H,3,9H2,1-2H3. The van der Waals surface area contributed by atoms with E-state index in [0.717, 1.165) is 35.0 Å². The zero-order valence-corrected chi connectivity index (χ0v) is 12.0. The Morgan fingerprint density at radius 1 is 1.26 bits per heavy atom. The highest BCUT2D eigenvalue weighted by Gasteiger charge is 2.04. The van der Waals surface area contributed by atoms with Crippen LogP contribution in [-0.4, -0.2) is 17.8 Å². The molecule has 2 aromatic rings. The van der Waals surface area contributed by atoms with Crippen molar-refractivity contribution < 1.29 is 4.74 Å². The predicted molar refractivity (Wildman–Crippen MR) is 79.9 cm³/mol. The molecule has 0 aliphatic heterocycles. The molecule has 2 rings (SSSR count). The Bertz CT molecular complexity index is 531. The van der Waals surface area contributed by atoms with Crippen molar-refractivity contribution in [3.05, 3.63) is 48.3 Å². The monoisotopic (exact) mass is 274 g/mol. The Kier molecular flexibility index (Phi) is 5.24. The van der Waals surface area contributed by atoms with Gasteiger partial charge in [0.1, 0.15) is 11.5 Å². The largest absolute Gasteiger partial charge is 0.455 e. The molecular weight excluding hydrogens is 256 g/mol. The Morgan fingerprint density at radius 3 is 2.89 bits per heavy atom. The van der Waals surface area contributed by atoms with Crippen molar-refractivity contribution >= 4 is 11.8 Å². The van der Waals surface area contributed by atoms with Crippen molar-refractivity contribution in [3.63, 3.8) is 0 Å². The van der Waals surface area contributed by atoms with Crippen LogP contribution in [0.2, 0.25) is 0 Å². The van der Waals surface area contributed by atoms with Gasteiger partial charge in [-0.2, -0.15) is 0 Å². The van der Waals surface area contributed by atoms with Crippen molar-refractivity contribution in [2.24, 2.45) is 0 Å². The zero-order chi connectivity index (χ0) is 13.5. The number of aromatic nitrogens is 1. The maximum Gasteiger partial charge on any atom is 0.146 e. The van der Waals surface area contributed by atoms with Gasteiger partial charge < -0.3 is 10.1 Å². The first kappa shape index (κ1) is 13.9. The number of ether oxygens (including phenoxy) is 1. The molecule has 0 aliphatic carbocycles. The number of benzene rings is 1. The molecule has 1 aromatic carbocycles. The van der Waals surface area contributed by atoms with Crippen LogP contribution >= 0.6 is 11.8 Å². The molecule has 1 aromatic heterocycles. The smallest absolute Gasteiger partial charge is 0.146 e. The molecule has 1 heterocycles. The number of pyridine rings is 1. The van der Waals surface area contributed by atoms with Crippen LogP contribution in [0.15, 0.2) is 47.6 Å². The molecule has 0 aliphatic rings. The van der Waals surface area contributed by atoms with Crippen molar-refractivity contribution in [1.82, 2.24) is 10.3 Å². The van der Waals surface area contributed by atoms with Crippen LogP contribution in [0.4, 0.5) is 0 Å². The molecule has 0 amide bonds. The molecule has 3 nitrogen and oxygen atoms in total. The summed E-state index contributed by atoms with van der Waals surface area (Å²) in [5.74, 6) is 1.65. The van der Waals surface area contributed by atoms with Gasteiger partial charge in [-0.25, -0.2) is 0 Å². The zero-order valence-electron chi connectivity index (χ0n) is 11.2. The third-order valence-corrected chi connectivity index (χ3v) is 3.42.